The summed E-state index contributed by atoms with van der Waals surface area (Å²) >= 11 is 6.06. The Morgan fingerprint density at radius 2 is 2.04 bits per heavy atom. The van der Waals surface area contributed by atoms with Crippen molar-refractivity contribution in [3.05, 3.63) is 28.3 Å². The predicted molar refractivity (Wildman–Crippen MR) is 89.2 cm³/mol. The van der Waals surface area contributed by atoms with Crippen LogP contribution in [-0.2, 0) is 4.79 Å². The first-order chi connectivity index (χ1) is 10.9. The number of carbonyl (C=O) groups is 2. The Kier molecular flexibility index (Phi) is 4.37. The maximum absolute atomic E-state index is 12.6. The van der Waals surface area contributed by atoms with Crippen LogP contribution in [0.3, 0.4) is 0 Å². The van der Waals surface area contributed by atoms with Crippen LogP contribution in [0.5, 0.6) is 5.75 Å². The molecule has 0 atom stereocenters. The molecular formula is C18H22ClNO3. The van der Waals surface area contributed by atoms with Crippen molar-refractivity contribution in [3.8, 4) is 5.75 Å². The van der Waals surface area contributed by atoms with Crippen molar-refractivity contribution >= 4 is 23.3 Å². The number of ketones is 1. The molecule has 124 valence electrons. The molecule has 2 aliphatic rings. The number of rotatable bonds is 2. The number of amides is 1. The Bertz CT molecular complexity index is 648. The number of carbonyl (C=O) groups excluding carboxylic acids is 2. The Labute approximate surface area is 141 Å². The SMILES string of the molecule is CCCC(=O)N1CCC2(CC1)CC(=O)c1cc(Cl)cc(C)c1O2. The lowest BCUT2D eigenvalue weighted by atomic mass is 9.82. The molecule has 2 aliphatic heterocycles. The molecular weight excluding hydrogens is 314 g/mol. The standard InChI is InChI=1S/C18H22ClNO3/c1-3-4-16(22)20-7-5-18(6-8-20)11-15(21)14-10-13(19)9-12(2)17(14)23-18/h9-10H,3-8,11H2,1-2H3. The highest BCUT2D eigenvalue weighted by Gasteiger charge is 2.44. The Morgan fingerprint density at radius 3 is 2.70 bits per heavy atom. The number of aryl methyl sites for hydroxylation is 1. The molecule has 0 saturated carbocycles. The molecule has 1 aromatic rings. The molecule has 4 nitrogen and oxygen atoms in total. The molecule has 23 heavy (non-hydrogen) atoms. The van der Waals surface area contributed by atoms with Gasteiger partial charge in [-0.15, -0.1) is 0 Å². The van der Waals surface area contributed by atoms with Crippen molar-refractivity contribution in [3.63, 3.8) is 0 Å². The molecule has 2 heterocycles. The van der Waals surface area contributed by atoms with E-state index in [0.717, 1.165) is 12.0 Å². The third kappa shape index (κ3) is 3.09. The lowest BCUT2D eigenvalue weighted by molar-refractivity contribution is -0.134. The molecule has 1 amide bonds. The summed E-state index contributed by atoms with van der Waals surface area (Å²) in [4.78, 5) is 26.5. The van der Waals surface area contributed by atoms with Crippen molar-refractivity contribution < 1.29 is 14.3 Å². The predicted octanol–water partition coefficient (Wildman–Crippen LogP) is 3.77. The average Bonchev–Trinajstić information content (AvgIpc) is 2.50. The number of likely N-dealkylation sites (tertiary alicyclic amines) is 1. The van der Waals surface area contributed by atoms with Crippen molar-refractivity contribution in [1.82, 2.24) is 4.90 Å². The molecule has 0 unspecified atom stereocenters. The highest BCUT2D eigenvalue weighted by molar-refractivity contribution is 6.31. The fourth-order valence-electron chi connectivity index (χ4n) is 3.53. The molecule has 0 aromatic heterocycles. The van der Waals surface area contributed by atoms with Crippen LogP contribution in [0.15, 0.2) is 12.1 Å². The van der Waals surface area contributed by atoms with E-state index in [4.69, 9.17) is 16.3 Å². The Balaban J connectivity index is 1.79. The van der Waals surface area contributed by atoms with E-state index in [1.165, 1.54) is 0 Å². The second-order valence-corrected chi connectivity index (χ2v) is 7.05. The van der Waals surface area contributed by atoms with Gasteiger partial charge in [0.2, 0.25) is 5.91 Å². The average molecular weight is 336 g/mol. The van der Waals surface area contributed by atoms with Gasteiger partial charge in [0.1, 0.15) is 11.4 Å². The van der Waals surface area contributed by atoms with Crippen LogP contribution in [0.2, 0.25) is 5.02 Å². The molecule has 3 rings (SSSR count). The van der Waals surface area contributed by atoms with Crippen molar-refractivity contribution in [2.75, 3.05) is 13.1 Å². The van der Waals surface area contributed by atoms with Crippen LogP contribution in [0, 0.1) is 6.92 Å². The van der Waals surface area contributed by atoms with Crippen molar-refractivity contribution in [2.45, 2.75) is 51.6 Å². The van der Waals surface area contributed by atoms with E-state index in [-0.39, 0.29) is 11.7 Å². The first-order valence-electron chi connectivity index (χ1n) is 8.24. The van der Waals surface area contributed by atoms with Gasteiger partial charge in [-0.25, -0.2) is 0 Å². The van der Waals surface area contributed by atoms with Gasteiger partial charge in [0, 0.05) is 37.4 Å². The number of ether oxygens (including phenoxy) is 1. The number of halogens is 1. The van der Waals surface area contributed by atoms with E-state index in [0.29, 0.717) is 55.1 Å². The van der Waals surface area contributed by atoms with E-state index < -0.39 is 5.60 Å². The van der Waals surface area contributed by atoms with Crippen LogP contribution in [0.25, 0.3) is 0 Å². The van der Waals surface area contributed by atoms with Gasteiger partial charge in [0.05, 0.1) is 12.0 Å². The Morgan fingerprint density at radius 1 is 1.35 bits per heavy atom. The third-order valence-electron chi connectivity index (χ3n) is 4.83. The molecule has 5 heteroatoms. The summed E-state index contributed by atoms with van der Waals surface area (Å²) in [6, 6.07) is 3.52. The summed E-state index contributed by atoms with van der Waals surface area (Å²) in [5, 5.41) is 0.564. The lowest BCUT2D eigenvalue weighted by Crippen LogP contribution is -2.52. The van der Waals surface area contributed by atoms with E-state index in [1.54, 1.807) is 6.07 Å². The zero-order chi connectivity index (χ0) is 16.6. The van der Waals surface area contributed by atoms with Gasteiger partial charge >= 0.3 is 0 Å². The minimum atomic E-state index is -0.467. The van der Waals surface area contributed by atoms with Gasteiger partial charge in [-0.1, -0.05) is 18.5 Å². The van der Waals surface area contributed by atoms with E-state index in [9.17, 15) is 9.59 Å². The largest absolute Gasteiger partial charge is 0.486 e. The topological polar surface area (TPSA) is 46.6 Å². The number of benzene rings is 1. The highest BCUT2D eigenvalue weighted by atomic mass is 35.5. The van der Waals surface area contributed by atoms with Gasteiger partial charge in [-0.05, 0) is 31.0 Å². The molecule has 0 bridgehead atoms. The van der Waals surface area contributed by atoms with E-state index in [1.807, 2.05) is 24.8 Å². The summed E-state index contributed by atoms with van der Waals surface area (Å²) in [7, 11) is 0. The highest BCUT2D eigenvalue weighted by Crippen LogP contribution is 2.42. The van der Waals surface area contributed by atoms with Crippen LogP contribution in [0.1, 0.15) is 54.9 Å². The number of piperidine rings is 1. The smallest absolute Gasteiger partial charge is 0.222 e. The van der Waals surface area contributed by atoms with Crippen LogP contribution in [0.4, 0.5) is 0 Å². The van der Waals surface area contributed by atoms with E-state index >= 15 is 0 Å². The number of hydrogen-bond acceptors (Lipinski definition) is 3. The molecule has 0 N–H and O–H groups in total. The first-order valence-corrected chi connectivity index (χ1v) is 8.62. The van der Waals surface area contributed by atoms with E-state index in [2.05, 4.69) is 0 Å². The summed E-state index contributed by atoms with van der Waals surface area (Å²) in [5.41, 5.74) is 1.01. The molecule has 1 spiro atoms. The molecule has 0 aliphatic carbocycles. The summed E-state index contributed by atoms with van der Waals surface area (Å²) in [6.45, 7) is 5.25. The molecule has 1 saturated heterocycles. The monoisotopic (exact) mass is 335 g/mol. The number of fused-ring (bicyclic) bond motifs is 1. The van der Waals surface area contributed by atoms with Crippen molar-refractivity contribution in [2.24, 2.45) is 0 Å². The molecule has 1 aromatic carbocycles. The zero-order valence-corrected chi connectivity index (χ0v) is 14.4. The minimum Gasteiger partial charge on any atom is -0.486 e. The maximum Gasteiger partial charge on any atom is 0.222 e. The summed E-state index contributed by atoms with van der Waals surface area (Å²) in [6.07, 6.45) is 3.23. The third-order valence-corrected chi connectivity index (χ3v) is 5.05. The quantitative estimate of drug-likeness (QED) is 0.826. The zero-order valence-electron chi connectivity index (χ0n) is 13.7. The minimum absolute atomic E-state index is 0.0881. The van der Waals surface area contributed by atoms with Gasteiger partial charge in [0.25, 0.3) is 0 Å². The van der Waals surface area contributed by atoms with Gasteiger partial charge in [-0.3, -0.25) is 9.59 Å². The van der Waals surface area contributed by atoms with Gasteiger partial charge in [0.15, 0.2) is 5.78 Å². The fraction of sp³-hybridized carbons (Fsp3) is 0.556. The maximum atomic E-state index is 12.6. The Hall–Kier alpha value is -1.55. The molecule has 0 radical (unpaired) electrons. The van der Waals surface area contributed by atoms with Crippen molar-refractivity contribution in [1.29, 1.82) is 0 Å². The summed E-state index contributed by atoms with van der Waals surface area (Å²) < 4.78 is 6.29. The normalized spacial score (nSPS) is 19.4. The fourth-order valence-corrected chi connectivity index (χ4v) is 3.80. The van der Waals surface area contributed by atoms with Crippen LogP contribution in [-0.4, -0.2) is 35.3 Å². The van der Waals surface area contributed by atoms with Crippen LogP contribution < -0.4 is 4.74 Å². The summed E-state index contributed by atoms with van der Waals surface area (Å²) in [5.74, 6) is 0.956. The number of hydrogen-bond donors (Lipinski definition) is 0. The number of Topliss-reactive ketones (excluding diaryl/α,β-unsaturated/α-hetero) is 1. The molecule has 1 fully saturated rings. The second kappa shape index (κ2) is 6.16. The van der Waals surface area contributed by atoms with Gasteiger partial charge in [-0.2, -0.15) is 0 Å². The van der Waals surface area contributed by atoms with Crippen LogP contribution >= 0.6 is 11.6 Å². The second-order valence-electron chi connectivity index (χ2n) is 6.62. The lowest BCUT2D eigenvalue weighted by Gasteiger charge is -2.44. The first kappa shape index (κ1) is 16.3. The van der Waals surface area contributed by atoms with Gasteiger partial charge < -0.3 is 9.64 Å². The number of nitrogens with zero attached hydrogens (tertiary/aromatic N) is 1.